The molecule has 0 bridgehead atoms. The molecule has 0 amide bonds. The Kier molecular flexibility index (Phi) is 6.35. The van der Waals surface area contributed by atoms with Crippen LogP contribution >= 0.6 is 11.6 Å². The highest BCUT2D eigenvalue weighted by Crippen LogP contribution is 2.30. The molecule has 3 rings (SSSR count). The molecule has 3 aromatic rings. The van der Waals surface area contributed by atoms with E-state index in [0.29, 0.717) is 18.9 Å². The Bertz CT molecular complexity index is 997. The number of hydrogen-bond donors (Lipinski definition) is 0. The Hall–Kier alpha value is -2.40. The minimum absolute atomic E-state index is 0.00874. The second-order valence-electron chi connectivity index (χ2n) is 7.16. The van der Waals surface area contributed by atoms with E-state index in [9.17, 15) is 4.79 Å². The molecule has 0 aliphatic rings. The molecule has 148 valence electrons. The maximum Gasteiger partial charge on any atom is 0.306 e. The van der Waals surface area contributed by atoms with E-state index in [2.05, 4.69) is 41.5 Å². The van der Waals surface area contributed by atoms with Crippen LogP contribution in [0.4, 0.5) is 0 Å². The van der Waals surface area contributed by atoms with Crippen molar-refractivity contribution in [1.82, 2.24) is 15.0 Å². The number of halogens is 1. The third kappa shape index (κ3) is 4.20. The molecule has 0 unspecified atom stereocenters. The lowest BCUT2D eigenvalue weighted by molar-refractivity contribution is -0.143. The van der Waals surface area contributed by atoms with Crippen molar-refractivity contribution in [2.45, 2.75) is 45.4 Å². The lowest BCUT2D eigenvalue weighted by Crippen LogP contribution is -2.13. The van der Waals surface area contributed by atoms with Gasteiger partial charge in [-0.3, -0.25) is 4.79 Å². The van der Waals surface area contributed by atoms with Crippen LogP contribution in [-0.4, -0.2) is 27.6 Å². The van der Waals surface area contributed by atoms with Crippen molar-refractivity contribution in [3.8, 4) is 0 Å². The van der Waals surface area contributed by atoms with Crippen molar-refractivity contribution in [3.63, 3.8) is 0 Å². The van der Waals surface area contributed by atoms with Gasteiger partial charge in [-0.2, -0.15) is 0 Å². The van der Waals surface area contributed by atoms with Crippen molar-refractivity contribution in [2.24, 2.45) is 7.05 Å². The first-order valence-electron chi connectivity index (χ1n) is 9.53. The Morgan fingerprint density at radius 2 is 2.00 bits per heavy atom. The molecule has 6 heteroatoms. The molecule has 0 saturated heterocycles. The van der Waals surface area contributed by atoms with Gasteiger partial charge in [-0.15, -0.1) is 16.7 Å². The minimum Gasteiger partial charge on any atom is -0.466 e. The zero-order valence-electron chi connectivity index (χ0n) is 16.8. The Morgan fingerprint density at radius 3 is 2.71 bits per heavy atom. The summed E-state index contributed by atoms with van der Waals surface area (Å²) in [6.07, 6.45) is 1.05. The zero-order chi connectivity index (χ0) is 20.3. The van der Waals surface area contributed by atoms with Crippen molar-refractivity contribution in [1.29, 1.82) is 0 Å². The molecule has 28 heavy (non-hydrogen) atoms. The molecular formula is C22H26ClN3O2. The SMILES string of the molecule is CCOC(=O)C[C@@H](Cc1ccc2c(nnn2C)c1C)c1ccc(C)c(CCl)c1. The first-order chi connectivity index (χ1) is 13.4. The number of rotatable bonds is 7. The molecular weight excluding hydrogens is 374 g/mol. The summed E-state index contributed by atoms with van der Waals surface area (Å²) in [5.74, 6) is 0.282. The minimum atomic E-state index is -0.182. The molecule has 5 nitrogen and oxygen atoms in total. The highest BCUT2D eigenvalue weighted by Gasteiger charge is 2.20. The number of esters is 1. The van der Waals surface area contributed by atoms with Gasteiger partial charge in [0.05, 0.1) is 18.5 Å². The first kappa shape index (κ1) is 20.3. The Labute approximate surface area is 170 Å². The van der Waals surface area contributed by atoms with Gasteiger partial charge in [0.15, 0.2) is 0 Å². The summed E-state index contributed by atoms with van der Waals surface area (Å²) in [5.41, 5.74) is 7.52. The molecule has 0 N–H and O–H groups in total. The number of aromatic nitrogens is 3. The average molecular weight is 400 g/mol. The maximum absolute atomic E-state index is 12.3. The average Bonchev–Trinajstić information content (AvgIpc) is 3.05. The van der Waals surface area contributed by atoms with Crippen LogP contribution in [-0.2, 0) is 28.9 Å². The van der Waals surface area contributed by atoms with Crippen LogP contribution < -0.4 is 0 Å². The normalized spacial score (nSPS) is 12.3. The van der Waals surface area contributed by atoms with Gasteiger partial charge < -0.3 is 4.74 Å². The van der Waals surface area contributed by atoms with E-state index < -0.39 is 0 Å². The number of carbonyl (C=O) groups is 1. The van der Waals surface area contributed by atoms with E-state index in [4.69, 9.17) is 16.3 Å². The lowest BCUT2D eigenvalue weighted by Gasteiger charge is -2.19. The van der Waals surface area contributed by atoms with E-state index >= 15 is 0 Å². The van der Waals surface area contributed by atoms with Crippen LogP contribution in [0.1, 0.15) is 47.1 Å². The molecule has 0 saturated carbocycles. The summed E-state index contributed by atoms with van der Waals surface area (Å²) in [6, 6.07) is 10.4. The van der Waals surface area contributed by atoms with Crippen LogP contribution in [0.2, 0.25) is 0 Å². The second-order valence-corrected chi connectivity index (χ2v) is 7.43. The summed E-state index contributed by atoms with van der Waals surface area (Å²) in [5, 5.41) is 8.41. The second kappa shape index (κ2) is 8.74. The van der Waals surface area contributed by atoms with Crippen LogP contribution in [0.5, 0.6) is 0 Å². The van der Waals surface area contributed by atoms with E-state index in [-0.39, 0.29) is 11.9 Å². The topological polar surface area (TPSA) is 57.0 Å². The number of carbonyl (C=O) groups excluding carboxylic acids is 1. The molecule has 2 aromatic carbocycles. The van der Waals surface area contributed by atoms with Crippen molar-refractivity contribution >= 4 is 28.6 Å². The molecule has 0 fully saturated rings. The lowest BCUT2D eigenvalue weighted by atomic mass is 9.86. The maximum atomic E-state index is 12.3. The van der Waals surface area contributed by atoms with Gasteiger partial charge in [-0.05, 0) is 67.0 Å². The molecule has 0 aliphatic heterocycles. The van der Waals surface area contributed by atoms with E-state index in [1.165, 1.54) is 0 Å². The van der Waals surface area contributed by atoms with E-state index in [1.54, 1.807) is 4.68 Å². The predicted molar refractivity (Wildman–Crippen MR) is 112 cm³/mol. The molecule has 1 atom stereocenters. The van der Waals surface area contributed by atoms with Gasteiger partial charge in [0, 0.05) is 12.9 Å². The smallest absolute Gasteiger partial charge is 0.306 e. The largest absolute Gasteiger partial charge is 0.466 e. The summed E-state index contributed by atoms with van der Waals surface area (Å²) in [4.78, 5) is 12.3. The number of aryl methyl sites for hydroxylation is 3. The predicted octanol–water partition coefficient (Wildman–Crippen LogP) is 4.60. The quantitative estimate of drug-likeness (QED) is 0.430. The Balaban J connectivity index is 1.97. The van der Waals surface area contributed by atoms with E-state index in [0.717, 1.165) is 45.3 Å². The third-order valence-electron chi connectivity index (χ3n) is 5.32. The Morgan fingerprint density at radius 1 is 1.21 bits per heavy atom. The first-order valence-corrected chi connectivity index (χ1v) is 10.1. The number of benzene rings is 2. The van der Waals surface area contributed by atoms with Gasteiger partial charge in [-0.25, -0.2) is 4.68 Å². The number of alkyl halides is 1. The highest BCUT2D eigenvalue weighted by atomic mass is 35.5. The van der Waals surface area contributed by atoms with E-state index in [1.807, 2.05) is 27.0 Å². The monoisotopic (exact) mass is 399 g/mol. The van der Waals surface area contributed by atoms with Crippen molar-refractivity contribution in [3.05, 3.63) is 58.1 Å². The third-order valence-corrected chi connectivity index (χ3v) is 5.61. The number of fused-ring (bicyclic) bond motifs is 1. The van der Waals surface area contributed by atoms with Crippen LogP contribution in [0, 0.1) is 13.8 Å². The fourth-order valence-electron chi connectivity index (χ4n) is 3.58. The van der Waals surface area contributed by atoms with Gasteiger partial charge in [0.1, 0.15) is 5.52 Å². The molecule has 0 radical (unpaired) electrons. The number of ether oxygens (including phenoxy) is 1. The zero-order valence-corrected chi connectivity index (χ0v) is 17.6. The highest BCUT2D eigenvalue weighted by molar-refractivity contribution is 6.17. The summed E-state index contributed by atoms with van der Waals surface area (Å²) >= 11 is 6.11. The number of hydrogen-bond acceptors (Lipinski definition) is 4. The fraction of sp³-hybridized carbons (Fsp3) is 0.409. The van der Waals surface area contributed by atoms with Gasteiger partial charge >= 0.3 is 5.97 Å². The summed E-state index contributed by atoms with van der Waals surface area (Å²) < 4.78 is 7.00. The van der Waals surface area contributed by atoms with Gasteiger partial charge in [0.25, 0.3) is 0 Å². The molecule has 0 spiro atoms. The summed E-state index contributed by atoms with van der Waals surface area (Å²) in [7, 11) is 1.89. The summed E-state index contributed by atoms with van der Waals surface area (Å²) in [6.45, 7) is 6.33. The molecule has 1 aromatic heterocycles. The van der Waals surface area contributed by atoms with Crippen molar-refractivity contribution < 1.29 is 9.53 Å². The molecule has 0 aliphatic carbocycles. The van der Waals surface area contributed by atoms with Crippen LogP contribution in [0.25, 0.3) is 11.0 Å². The van der Waals surface area contributed by atoms with Gasteiger partial charge in [-0.1, -0.05) is 29.5 Å². The van der Waals surface area contributed by atoms with Gasteiger partial charge in [0.2, 0.25) is 0 Å². The number of nitrogens with zero attached hydrogens (tertiary/aromatic N) is 3. The van der Waals surface area contributed by atoms with Crippen LogP contribution in [0.15, 0.2) is 30.3 Å². The van der Waals surface area contributed by atoms with Crippen LogP contribution in [0.3, 0.4) is 0 Å². The fourth-order valence-corrected chi connectivity index (χ4v) is 3.87. The molecule has 1 heterocycles. The standard InChI is InChI=1S/C22H26ClN3O2/c1-5-28-21(27)12-18(17-7-6-14(2)19(11-17)13-23)10-16-8-9-20-22(15(16)3)24-25-26(20)4/h6-9,11,18H,5,10,12-13H2,1-4H3/t18-/m1/s1. The van der Waals surface area contributed by atoms with Crippen molar-refractivity contribution in [2.75, 3.05) is 6.61 Å².